The summed E-state index contributed by atoms with van der Waals surface area (Å²) >= 11 is 1.48. The van der Waals surface area contributed by atoms with Gasteiger partial charge in [0.15, 0.2) is 33.8 Å². The van der Waals surface area contributed by atoms with E-state index in [-0.39, 0.29) is 31.6 Å². The quantitative estimate of drug-likeness (QED) is 0.231. The van der Waals surface area contributed by atoms with Crippen LogP contribution in [0, 0.1) is 11.6 Å². The molecule has 0 bridgehead atoms. The van der Waals surface area contributed by atoms with Crippen molar-refractivity contribution in [1.29, 1.82) is 0 Å². The van der Waals surface area contributed by atoms with Crippen molar-refractivity contribution in [2.45, 2.75) is 67.7 Å². The highest BCUT2D eigenvalue weighted by atomic mass is 32.2. The Morgan fingerprint density at radius 3 is 2.75 bits per heavy atom. The number of benzene rings is 1. The van der Waals surface area contributed by atoms with Crippen LogP contribution in [0.1, 0.15) is 43.7 Å². The van der Waals surface area contributed by atoms with Crippen molar-refractivity contribution >= 4 is 28.7 Å². The minimum absolute atomic E-state index is 0.00291. The fraction of sp³-hybridized carbons (Fsp3) is 0.565. The summed E-state index contributed by atoms with van der Waals surface area (Å²) in [6, 6.07) is 3.26. The third-order valence-electron chi connectivity index (χ3n) is 6.56. The number of aliphatic hydroxyl groups excluding tert-OH is 3. The lowest BCUT2D eigenvalue weighted by Crippen LogP contribution is -2.33. The molecule has 4 N–H and O–H groups in total. The van der Waals surface area contributed by atoms with Crippen LogP contribution in [-0.2, 0) is 4.74 Å². The summed E-state index contributed by atoms with van der Waals surface area (Å²) in [5, 5.41) is 42.5. The van der Waals surface area contributed by atoms with E-state index in [1.807, 2.05) is 0 Å². The molecule has 6 atom stereocenters. The average Bonchev–Trinajstić information content (AvgIpc) is 3.41. The molecule has 5 rings (SSSR count). The first-order chi connectivity index (χ1) is 17.4. The Bertz CT molecular complexity index is 1230. The number of aromatic nitrogens is 5. The van der Waals surface area contributed by atoms with Crippen molar-refractivity contribution < 1.29 is 28.8 Å². The zero-order valence-electron chi connectivity index (χ0n) is 19.6. The molecule has 0 spiro atoms. The molecule has 3 aromatic rings. The maximum absolute atomic E-state index is 13.7. The van der Waals surface area contributed by atoms with E-state index in [1.54, 1.807) is 6.07 Å². The van der Waals surface area contributed by atoms with E-state index < -0.39 is 36.0 Å². The highest BCUT2D eigenvalue weighted by Gasteiger charge is 2.45. The second-order valence-corrected chi connectivity index (χ2v) is 10.2. The van der Waals surface area contributed by atoms with Crippen LogP contribution in [0.3, 0.4) is 0 Å². The van der Waals surface area contributed by atoms with Crippen molar-refractivity contribution in [2.75, 3.05) is 24.3 Å². The van der Waals surface area contributed by atoms with E-state index in [4.69, 9.17) is 9.84 Å². The molecule has 2 aliphatic rings. The largest absolute Gasteiger partial charge is 0.394 e. The summed E-state index contributed by atoms with van der Waals surface area (Å²) < 4.78 is 34.0. The summed E-state index contributed by atoms with van der Waals surface area (Å²) in [4.78, 5) is 9.27. The van der Waals surface area contributed by atoms with Gasteiger partial charge in [-0.2, -0.15) is 0 Å². The summed E-state index contributed by atoms with van der Waals surface area (Å²) in [5.74, 6) is -0.472. The van der Waals surface area contributed by atoms with Crippen LogP contribution < -0.4 is 5.32 Å². The summed E-state index contributed by atoms with van der Waals surface area (Å²) in [5.41, 5.74) is 1.53. The first-order valence-corrected chi connectivity index (χ1v) is 13.0. The van der Waals surface area contributed by atoms with Gasteiger partial charge in [0.25, 0.3) is 0 Å². The molecule has 2 aromatic heterocycles. The van der Waals surface area contributed by atoms with Crippen LogP contribution in [0.5, 0.6) is 0 Å². The normalized spacial score (nSPS) is 27.6. The number of aliphatic hydroxyl groups is 3. The molecule has 5 unspecified atom stereocenters. The Morgan fingerprint density at radius 1 is 1.17 bits per heavy atom. The van der Waals surface area contributed by atoms with Gasteiger partial charge in [-0.1, -0.05) is 30.0 Å². The highest BCUT2D eigenvalue weighted by Crippen LogP contribution is 2.44. The minimum Gasteiger partial charge on any atom is -0.394 e. The lowest BCUT2D eigenvalue weighted by atomic mass is 10.1. The second-order valence-electron chi connectivity index (χ2n) is 9.09. The molecular formula is C23H28F2N6O4S. The lowest BCUT2D eigenvalue weighted by Gasteiger charge is -2.17. The fourth-order valence-corrected chi connectivity index (χ4v) is 5.31. The van der Waals surface area contributed by atoms with Crippen LogP contribution in [0.25, 0.3) is 11.2 Å². The van der Waals surface area contributed by atoms with Gasteiger partial charge >= 0.3 is 0 Å². The van der Waals surface area contributed by atoms with Gasteiger partial charge in [0.2, 0.25) is 0 Å². The van der Waals surface area contributed by atoms with Crippen molar-refractivity contribution in [2.24, 2.45) is 0 Å². The van der Waals surface area contributed by atoms with Crippen LogP contribution in [0.2, 0.25) is 0 Å². The molecule has 36 heavy (non-hydrogen) atoms. The molecule has 0 aliphatic heterocycles. The first-order valence-electron chi connectivity index (χ1n) is 12.0. The summed E-state index contributed by atoms with van der Waals surface area (Å²) in [7, 11) is 0. The molecule has 10 nitrogen and oxygen atoms in total. The molecule has 0 amide bonds. The molecular weight excluding hydrogens is 494 g/mol. The maximum atomic E-state index is 13.7. The van der Waals surface area contributed by atoms with Crippen molar-refractivity contribution in [3.63, 3.8) is 0 Å². The molecule has 13 heteroatoms. The summed E-state index contributed by atoms with van der Waals surface area (Å²) in [6.07, 6.45) is -1.04. The Morgan fingerprint density at radius 2 is 2.00 bits per heavy atom. The zero-order valence-corrected chi connectivity index (χ0v) is 20.4. The fourth-order valence-electron chi connectivity index (χ4n) is 4.61. The van der Waals surface area contributed by atoms with Gasteiger partial charge in [-0.25, -0.2) is 23.4 Å². The number of hydrogen-bond acceptors (Lipinski definition) is 10. The number of halogens is 2. The van der Waals surface area contributed by atoms with Gasteiger partial charge in [-0.15, -0.1) is 5.10 Å². The highest BCUT2D eigenvalue weighted by molar-refractivity contribution is 7.99. The predicted octanol–water partition coefficient (Wildman–Crippen LogP) is 2.01. The van der Waals surface area contributed by atoms with Gasteiger partial charge in [0.1, 0.15) is 12.2 Å². The maximum Gasteiger partial charge on any atom is 0.191 e. The number of nitrogens with zero attached hydrogens (tertiary/aromatic N) is 5. The van der Waals surface area contributed by atoms with E-state index in [2.05, 4.69) is 32.5 Å². The Kier molecular flexibility index (Phi) is 7.35. The van der Waals surface area contributed by atoms with Crippen molar-refractivity contribution in [3.8, 4) is 0 Å². The Balaban J connectivity index is 1.43. The first kappa shape index (κ1) is 25.2. The van der Waals surface area contributed by atoms with Crippen LogP contribution in [0.15, 0.2) is 23.4 Å². The molecule has 0 saturated heterocycles. The molecule has 1 aromatic carbocycles. The van der Waals surface area contributed by atoms with Crippen LogP contribution in [0.4, 0.5) is 14.6 Å². The number of rotatable bonds is 10. The zero-order chi connectivity index (χ0) is 25.4. The van der Waals surface area contributed by atoms with Crippen LogP contribution in [-0.4, -0.2) is 83.6 Å². The third-order valence-corrected chi connectivity index (χ3v) is 7.61. The van der Waals surface area contributed by atoms with Crippen LogP contribution >= 0.6 is 11.8 Å². The van der Waals surface area contributed by atoms with Crippen molar-refractivity contribution in [1.82, 2.24) is 25.0 Å². The number of fused-ring (bicyclic) bond motifs is 1. The standard InChI is InChI=1S/C23H28F2N6O4S/c1-2-7-36-23-27-21(26-15-9-12(15)11-3-4-13(24)14(25)8-11)18-22(28-23)31(30-29-18)16-10-17(35-6-5-32)20(34)19(16)33/h3-4,8,12,15-17,19-20,32-34H,2,5-7,9-10H2,1H3,(H,26,27,28)/t12?,15?,16?,17?,19-,20?/m0/s1. The second kappa shape index (κ2) is 10.5. The molecule has 2 saturated carbocycles. The smallest absolute Gasteiger partial charge is 0.191 e. The lowest BCUT2D eigenvalue weighted by molar-refractivity contribution is -0.0629. The van der Waals surface area contributed by atoms with E-state index in [0.717, 1.165) is 24.7 Å². The molecule has 0 radical (unpaired) electrons. The van der Waals surface area contributed by atoms with Gasteiger partial charge in [-0.05, 0) is 30.5 Å². The van der Waals surface area contributed by atoms with E-state index in [1.165, 1.54) is 22.5 Å². The molecule has 2 heterocycles. The topological polar surface area (TPSA) is 138 Å². The predicted molar refractivity (Wildman–Crippen MR) is 128 cm³/mol. The van der Waals surface area contributed by atoms with E-state index >= 15 is 0 Å². The number of thioether (sulfide) groups is 1. The number of hydrogen-bond donors (Lipinski definition) is 4. The Labute approximate surface area is 210 Å². The average molecular weight is 523 g/mol. The monoisotopic (exact) mass is 522 g/mol. The number of ether oxygens (including phenoxy) is 1. The van der Waals surface area contributed by atoms with Gasteiger partial charge in [0.05, 0.1) is 25.4 Å². The Hall–Kier alpha value is -2.45. The SMILES string of the molecule is CCCSc1nc(NC2CC2c2ccc(F)c(F)c2)c2nnn(C3CC(OCCO)C(O)[C@H]3O)c2n1. The molecule has 2 aliphatic carbocycles. The number of anilines is 1. The number of nitrogens with one attached hydrogen (secondary N) is 1. The minimum atomic E-state index is -1.15. The summed E-state index contributed by atoms with van der Waals surface area (Å²) in [6.45, 7) is 1.91. The van der Waals surface area contributed by atoms with Gasteiger partial charge in [-0.3, -0.25) is 0 Å². The molecule has 2 fully saturated rings. The van der Waals surface area contributed by atoms with Gasteiger partial charge in [0, 0.05) is 24.1 Å². The van der Waals surface area contributed by atoms with E-state index in [9.17, 15) is 19.0 Å². The van der Waals surface area contributed by atoms with Gasteiger partial charge < -0.3 is 25.4 Å². The van der Waals surface area contributed by atoms with E-state index in [0.29, 0.717) is 27.7 Å². The third kappa shape index (κ3) is 4.90. The molecule has 194 valence electrons. The van der Waals surface area contributed by atoms with Crippen molar-refractivity contribution in [3.05, 3.63) is 35.4 Å².